The standard InChI is InChI=1S/C11H18/c1-5-11-9(3)7-6-8(2)10(11)4/h6-7,9-11H,2,5H2,1,3-4H3. The summed E-state index contributed by atoms with van der Waals surface area (Å²) in [7, 11) is 0. The zero-order chi connectivity index (χ0) is 8.43. The number of hydrogen-bond acceptors (Lipinski definition) is 0. The van der Waals surface area contributed by atoms with Gasteiger partial charge in [0.05, 0.1) is 0 Å². The molecule has 1 aliphatic carbocycles. The van der Waals surface area contributed by atoms with Gasteiger partial charge >= 0.3 is 0 Å². The van der Waals surface area contributed by atoms with Crippen LogP contribution in [0.5, 0.6) is 0 Å². The maximum absolute atomic E-state index is 4.04. The zero-order valence-corrected chi connectivity index (χ0v) is 7.80. The van der Waals surface area contributed by atoms with E-state index in [2.05, 4.69) is 39.5 Å². The number of rotatable bonds is 1. The molecule has 1 rings (SSSR count). The van der Waals surface area contributed by atoms with Crippen LogP contribution in [0.3, 0.4) is 0 Å². The second-order valence-electron chi connectivity index (χ2n) is 3.65. The monoisotopic (exact) mass is 150 g/mol. The zero-order valence-electron chi connectivity index (χ0n) is 7.80. The average molecular weight is 150 g/mol. The molecule has 1 aliphatic rings. The normalized spacial score (nSPS) is 37.7. The lowest BCUT2D eigenvalue weighted by Gasteiger charge is -2.31. The molecule has 0 aromatic carbocycles. The predicted octanol–water partition coefficient (Wildman–Crippen LogP) is 3.41. The third-order valence-electron chi connectivity index (χ3n) is 2.99. The van der Waals surface area contributed by atoms with Crippen LogP contribution in [-0.4, -0.2) is 0 Å². The lowest BCUT2D eigenvalue weighted by atomic mass is 9.74. The summed E-state index contributed by atoms with van der Waals surface area (Å²) in [5.41, 5.74) is 1.30. The Morgan fingerprint density at radius 1 is 1.45 bits per heavy atom. The summed E-state index contributed by atoms with van der Waals surface area (Å²) in [6.07, 6.45) is 5.74. The van der Waals surface area contributed by atoms with Gasteiger partial charge < -0.3 is 0 Å². The van der Waals surface area contributed by atoms with Gasteiger partial charge in [0.25, 0.3) is 0 Å². The molecule has 3 atom stereocenters. The first-order chi connectivity index (χ1) is 5.16. The second-order valence-corrected chi connectivity index (χ2v) is 3.65. The van der Waals surface area contributed by atoms with Gasteiger partial charge in [0, 0.05) is 0 Å². The quantitative estimate of drug-likeness (QED) is 0.537. The fraction of sp³-hybridized carbons (Fsp3) is 0.636. The van der Waals surface area contributed by atoms with Crippen molar-refractivity contribution in [2.75, 3.05) is 0 Å². The van der Waals surface area contributed by atoms with Crippen molar-refractivity contribution in [2.45, 2.75) is 27.2 Å². The fourth-order valence-electron chi connectivity index (χ4n) is 2.03. The molecule has 0 nitrogen and oxygen atoms in total. The van der Waals surface area contributed by atoms with Gasteiger partial charge in [0.1, 0.15) is 0 Å². The van der Waals surface area contributed by atoms with E-state index < -0.39 is 0 Å². The van der Waals surface area contributed by atoms with Crippen molar-refractivity contribution in [3.63, 3.8) is 0 Å². The van der Waals surface area contributed by atoms with Crippen LogP contribution in [0, 0.1) is 17.8 Å². The molecule has 0 aromatic rings. The molecule has 0 amide bonds. The first kappa shape index (κ1) is 8.58. The van der Waals surface area contributed by atoms with Gasteiger partial charge in [-0.25, -0.2) is 0 Å². The van der Waals surface area contributed by atoms with Gasteiger partial charge in [0.15, 0.2) is 0 Å². The van der Waals surface area contributed by atoms with Crippen LogP contribution in [0.1, 0.15) is 27.2 Å². The van der Waals surface area contributed by atoms with Crippen LogP contribution in [-0.2, 0) is 0 Å². The Morgan fingerprint density at radius 2 is 2.09 bits per heavy atom. The molecule has 3 unspecified atom stereocenters. The summed E-state index contributed by atoms with van der Waals surface area (Å²) in [5.74, 6) is 2.23. The van der Waals surface area contributed by atoms with Crippen molar-refractivity contribution in [1.82, 2.24) is 0 Å². The van der Waals surface area contributed by atoms with Crippen molar-refractivity contribution in [3.05, 3.63) is 24.3 Å². The Kier molecular flexibility index (Phi) is 2.53. The molecule has 0 heterocycles. The summed E-state index contributed by atoms with van der Waals surface area (Å²) in [6, 6.07) is 0. The Bertz CT molecular complexity index is 176. The van der Waals surface area contributed by atoms with E-state index in [0.29, 0.717) is 5.92 Å². The van der Waals surface area contributed by atoms with E-state index in [9.17, 15) is 0 Å². The van der Waals surface area contributed by atoms with Gasteiger partial charge in [-0.2, -0.15) is 0 Å². The Morgan fingerprint density at radius 3 is 2.55 bits per heavy atom. The van der Waals surface area contributed by atoms with Crippen LogP contribution < -0.4 is 0 Å². The van der Waals surface area contributed by atoms with Crippen molar-refractivity contribution in [1.29, 1.82) is 0 Å². The average Bonchev–Trinajstić information content (AvgIpc) is 1.99. The van der Waals surface area contributed by atoms with Gasteiger partial charge in [-0.05, 0) is 17.8 Å². The molecule has 0 N–H and O–H groups in total. The molecule has 0 radical (unpaired) electrons. The van der Waals surface area contributed by atoms with E-state index in [-0.39, 0.29) is 0 Å². The maximum atomic E-state index is 4.04. The Labute approximate surface area is 70.0 Å². The summed E-state index contributed by atoms with van der Waals surface area (Å²) in [6.45, 7) is 10.9. The van der Waals surface area contributed by atoms with Gasteiger partial charge in [0.2, 0.25) is 0 Å². The molecule has 0 heteroatoms. The van der Waals surface area contributed by atoms with E-state index in [1.807, 2.05) is 0 Å². The fourth-order valence-corrected chi connectivity index (χ4v) is 2.03. The largest absolute Gasteiger partial charge is 0.0956 e. The van der Waals surface area contributed by atoms with Crippen LogP contribution in [0.15, 0.2) is 24.3 Å². The van der Waals surface area contributed by atoms with E-state index in [0.717, 1.165) is 11.8 Å². The molecule has 62 valence electrons. The van der Waals surface area contributed by atoms with Crippen LogP contribution in [0.25, 0.3) is 0 Å². The molecule has 0 aliphatic heterocycles. The number of hydrogen-bond donors (Lipinski definition) is 0. The van der Waals surface area contributed by atoms with Gasteiger partial charge in [-0.3, -0.25) is 0 Å². The summed E-state index contributed by atoms with van der Waals surface area (Å²) in [5, 5.41) is 0. The number of allylic oxidation sites excluding steroid dienone is 3. The summed E-state index contributed by atoms with van der Waals surface area (Å²) in [4.78, 5) is 0. The lowest BCUT2D eigenvalue weighted by molar-refractivity contribution is 0.311. The van der Waals surface area contributed by atoms with Crippen molar-refractivity contribution >= 4 is 0 Å². The maximum Gasteiger partial charge on any atom is -0.0163 e. The minimum absolute atomic E-state index is 0.681. The summed E-state index contributed by atoms with van der Waals surface area (Å²) < 4.78 is 0. The molecule has 0 spiro atoms. The predicted molar refractivity (Wildman–Crippen MR) is 50.4 cm³/mol. The highest BCUT2D eigenvalue weighted by Gasteiger charge is 2.24. The Balaban J connectivity index is 2.78. The smallest absolute Gasteiger partial charge is 0.0163 e. The third kappa shape index (κ3) is 1.55. The van der Waals surface area contributed by atoms with E-state index in [4.69, 9.17) is 0 Å². The SMILES string of the molecule is C=C1C=CC(C)C(CC)C1C. The second kappa shape index (κ2) is 3.25. The summed E-state index contributed by atoms with van der Waals surface area (Å²) >= 11 is 0. The van der Waals surface area contributed by atoms with E-state index in [1.165, 1.54) is 12.0 Å². The highest BCUT2D eigenvalue weighted by molar-refractivity contribution is 5.23. The molecule has 0 saturated carbocycles. The highest BCUT2D eigenvalue weighted by Crippen LogP contribution is 2.34. The van der Waals surface area contributed by atoms with Gasteiger partial charge in [-0.1, -0.05) is 51.5 Å². The molecule has 0 saturated heterocycles. The molecular weight excluding hydrogens is 132 g/mol. The molecule has 0 bridgehead atoms. The topological polar surface area (TPSA) is 0 Å². The van der Waals surface area contributed by atoms with Crippen LogP contribution in [0.2, 0.25) is 0 Å². The minimum Gasteiger partial charge on any atom is -0.0956 e. The van der Waals surface area contributed by atoms with E-state index in [1.54, 1.807) is 0 Å². The Hall–Kier alpha value is -0.520. The lowest BCUT2D eigenvalue weighted by Crippen LogP contribution is -2.21. The molecule has 11 heavy (non-hydrogen) atoms. The van der Waals surface area contributed by atoms with Gasteiger partial charge in [-0.15, -0.1) is 0 Å². The molecule has 0 fully saturated rings. The molecular formula is C11H18. The van der Waals surface area contributed by atoms with Crippen molar-refractivity contribution < 1.29 is 0 Å². The highest BCUT2D eigenvalue weighted by atomic mass is 14.3. The van der Waals surface area contributed by atoms with E-state index >= 15 is 0 Å². The van der Waals surface area contributed by atoms with Crippen molar-refractivity contribution in [2.24, 2.45) is 17.8 Å². The third-order valence-corrected chi connectivity index (χ3v) is 2.99. The minimum atomic E-state index is 0.681. The first-order valence-electron chi connectivity index (χ1n) is 4.53. The van der Waals surface area contributed by atoms with Crippen LogP contribution >= 0.6 is 0 Å². The molecule has 0 aromatic heterocycles. The van der Waals surface area contributed by atoms with Crippen molar-refractivity contribution in [3.8, 4) is 0 Å². The first-order valence-corrected chi connectivity index (χ1v) is 4.53. The van der Waals surface area contributed by atoms with Crippen LogP contribution in [0.4, 0.5) is 0 Å².